The molecule has 214 valence electrons. The third-order valence-electron chi connectivity index (χ3n) is 7.08. The Morgan fingerprint density at radius 3 is 2.35 bits per heavy atom. The van der Waals surface area contributed by atoms with Gasteiger partial charge in [0.05, 0.1) is 30.1 Å². The van der Waals surface area contributed by atoms with E-state index in [1.54, 1.807) is 18.2 Å². The van der Waals surface area contributed by atoms with E-state index < -0.39 is 34.4 Å². The first kappa shape index (κ1) is 29.7. The Hall–Kier alpha value is -3.24. The van der Waals surface area contributed by atoms with Gasteiger partial charge in [-0.2, -0.15) is 0 Å². The van der Waals surface area contributed by atoms with E-state index in [4.69, 9.17) is 9.84 Å². The summed E-state index contributed by atoms with van der Waals surface area (Å²) < 4.78 is 32.4. The van der Waals surface area contributed by atoms with Crippen molar-refractivity contribution in [1.82, 2.24) is 10.0 Å². The molecule has 1 unspecified atom stereocenters. The minimum atomic E-state index is -3.95. The molecule has 4 rings (SSSR count). The van der Waals surface area contributed by atoms with Crippen LogP contribution in [0.25, 0.3) is 11.1 Å². The monoisotopic (exact) mass is 566 g/mol. The van der Waals surface area contributed by atoms with Crippen molar-refractivity contribution in [2.24, 2.45) is 0 Å². The van der Waals surface area contributed by atoms with Crippen molar-refractivity contribution in [2.45, 2.75) is 50.7 Å². The lowest BCUT2D eigenvalue weighted by Crippen LogP contribution is -2.34. The van der Waals surface area contributed by atoms with Crippen LogP contribution in [-0.2, 0) is 16.4 Å². The average Bonchev–Trinajstić information content (AvgIpc) is 2.96. The lowest BCUT2D eigenvalue weighted by atomic mass is 9.97. The predicted octanol–water partition coefficient (Wildman–Crippen LogP) is 3.98. The minimum absolute atomic E-state index is 0.0279. The number of hydrogen-bond acceptors (Lipinski definition) is 7. The number of aliphatic hydroxyl groups is 2. The molecule has 1 saturated carbocycles. The summed E-state index contributed by atoms with van der Waals surface area (Å²) in [6.45, 7) is 0.632. The Morgan fingerprint density at radius 1 is 0.950 bits per heavy atom. The Balaban J connectivity index is 1.42. The van der Waals surface area contributed by atoms with E-state index in [-0.39, 0.29) is 11.7 Å². The first-order chi connectivity index (χ1) is 19.3. The Labute approximate surface area is 236 Å². The number of sulfonamides is 1. The normalized spacial score (nSPS) is 14.9. The minimum Gasteiger partial charge on any atom is -0.490 e. The van der Waals surface area contributed by atoms with Crippen LogP contribution in [0.5, 0.6) is 5.75 Å². The van der Waals surface area contributed by atoms with Crippen LogP contribution < -0.4 is 14.8 Å². The molecule has 1 atom stereocenters. The van der Waals surface area contributed by atoms with Gasteiger partial charge in [-0.05, 0) is 73.0 Å². The molecule has 0 bridgehead atoms. The molecular weight excluding hydrogens is 528 g/mol. The highest BCUT2D eigenvalue weighted by Gasteiger charge is 2.23. The topological polar surface area (TPSA) is 125 Å². The molecule has 1 amide bonds. The van der Waals surface area contributed by atoms with E-state index >= 15 is 0 Å². The van der Waals surface area contributed by atoms with Gasteiger partial charge < -0.3 is 20.3 Å². The number of rotatable bonds is 13. The van der Waals surface area contributed by atoms with Crippen LogP contribution in [0.3, 0.4) is 0 Å². The highest BCUT2D eigenvalue weighted by molar-refractivity contribution is 7.90. The zero-order valence-corrected chi connectivity index (χ0v) is 23.4. The molecule has 0 aromatic heterocycles. The summed E-state index contributed by atoms with van der Waals surface area (Å²) in [4.78, 5) is 12.9. The fourth-order valence-corrected chi connectivity index (χ4v) is 5.58. The lowest BCUT2D eigenvalue weighted by Gasteiger charge is -2.24. The van der Waals surface area contributed by atoms with Crippen LogP contribution in [0.15, 0.2) is 72.8 Å². The van der Waals surface area contributed by atoms with E-state index in [0.29, 0.717) is 12.3 Å². The number of aliphatic hydroxyl groups excluding tert-OH is 2. The SMILES string of the molecule is O=C(NS(=O)(=O)CCO)c1ccc(-c2ccc(CCNCC(O)c3ccccc3)cc2)cc1OC1CCCCC1. The lowest BCUT2D eigenvalue weighted by molar-refractivity contribution is 0.0969. The van der Waals surface area contributed by atoms with Crippen molar-refractivity contribution >= 4 is 15.9 Å². The number of carbonyl (C=O) groups is 1. The zero-order valence-electron chi connectivity index (χ0n) is 22.6. The summed E-state index contributed by atoms with van der Waals surface area (Å²) in [5.41, 5.74) is 3.99. The van der Waals surface area contributed by atoms with Gasteiger partial charge in [0, 0.05) is 6.54 Å². The first-order valence-corrected chi connectivity index (χ1v) is 15.5. The quantitative estimate of drug-likeness (QED) is 0.231. The van der Waals surface area contributed by atoms with Crippen molar-refractivity contribution in [1.29, 1.82) is 0 Å². The van der Waals surface area contributed by atoms with Crippen LogP contribution in [0.1, 0.15) is 59.7 Å². The number of amides is 1. The van der Waals surface area contributed by atoms with Gasteiger partial charge in [-0.25, -0.2) is 13.1 Å². The maximum atomic E-state index is 12.9. The van der Waals surface area contributed by atoms with Gasteiger partial charge in [0.1, 0.15) is 5.75 Å². The molecule has 0 aliphatic heterocycles. The number of carbonyl (C=O) groups excluding carboxylic acids is 1. The first-order valence-electron chi connectivity index (χ1n) is 13.8. The molecule has 8 nitrogen and oxygen atoms in total. The van der Waals surface area contributed by atoms with E-state index in [2.05, 4.69) is 5.32 Å². The van der Waals surface area contributed by atoms with Crippen molar-refractivity contribution in [3.8, 4) is 16.9 Å². The molecule has 0 spiro atoms. The highest BCUT2D eigenvalue weighted by atomic mass is 32.2. The van der Waals surface area contributed by atoms with Gasteiger partial charge in [0.15, 0.2) is 0 Å². The molecule has 0 radical (unpaired) electrons. The average molecular weight is 567 g/mol. The third kappa shape index (κ3) is 8.63. The van der Waals surface area contributed by atoms with Crippen molar-refractivity contribution in [3.05, 3.63) is 89.5 Å². The molecule has 1 aliphatic carbocycles. The molecule has 40 heavy (non-hydrogen) atoms. The fraction of sp³-hybridized carbons (Fsp3) is 0.387. The molecule has 1 fully saturated rings. The largest absolute Gasteiger partial charge is 0.490 e. The summed E-state index contributed by atoms with van der Waals surface area (Å²) >= 11 is 0. The van der Waals surface area contributed by atoms with Crippen molar-refractivity contribution < 1.29 is 28.2 Å². The Bertz CT molecular complexity index is 1340. The summed E-state index contributed by atoms with van der Waals surface area (Å²) in [6, 6.07) is 22.9. The summed E-state index contributed by atoms with van der Waals surface area (Å²) in [5, 5.41) is 22.6. The second-order valence-electron chi connectivity index (χ2n) is 10.1. The van der Waals surface area contributed by atoms with Crippen LogP contribution in [0.4, 0.5) is 0 Å². The highest BCUT2D eigenvalue weighted by Crippen LogP contribution is 2.31. The van der Waals surface area contributed by atoms with Crippen LogP contribution in [0, 0.1) is 0 Å². The molecule has 4 N–H and O–H groups in total. The summed E-state index contributed by atoms with van der Waals surface area (Å²) in [6.07, 6.45) is 5.27. The molecular formula is C31H38N2O6S. The Morgan fingerprint density at radius 2 is 1.65 bits per heavy atom. The molecule has 0 saturated heterocycles. The van der Waals surface area contributed by atoms with E-state index in [1.165, 1.54) is 0 Å². The maximum Gasteiger partial charge on any atom is 0.268 e. The van der Waals surface area contributed by atoms with Gasteiger partial charge in [0.25, 0.3) is 5.91 Å². The second-order valence-corrected chi connectivity index (χ2v) is 12.0. The number of ether oxygens (including phenoxy) is 1. The summed E-state index contributed by atoms with van der Waals surface area (Å²) in [5.74, 6) is -0.970. The van der Waals surface area contributed by atoms with Crippen LogP contribution >= 0.6 is 0 Å². The molecule has 9 heteroatoms. The van der Waals surface area contributed by atoms with Crippen molar-refractivity contribution in [2.75, 3.05) is 25.4 Å². The fourth-order valence-electron chi connectivity index (χ4n) is 4.85. The molecule has 3 aromatic carbocycles. The number of benzene rings is 3. The number of nitrogens with one attached hydrogen (secondary N) is 2. The third-order valence-corrected chi connectivity index (χ3v) is 8.30. The van der Waals surface area contributed by atoms with Gasteiger partial charge in [-0.1, -0.05) is 67.1 Å². The van der Waals surface area contributed by atoms with E-state index in [9.17, 15) is 18.3 Å². The smallest absolute Gasteiger partial charge is 0.268 e. The van der Waals surface area contributed by atoms with E-state index in [1.807, 2.05) is 59.3 Å². The summed E-state index contributed by atoms with van der Waals surface area (Å²) in [7, 11) is -3.95. The van der Waals surface area contributed by atoms with Gasteiger partial charge in [-0.15, -0.1) is 0 Å². The van der Waals surface area contributed by atoms with Gasteiger partial charge >= 0.3 is 0 Å². The van der Waals surface area contributed by atoms with E-state index in [0.717, 1.165) is 67.3 Å². The second kappa shape index (κ2) is 14.4. The predicted molar refractivity (Wildman–Crippen MR) is 156 cm³/mol. The molecule has 0 heterocycles. The van der Waals surface area contributed by atoms with Crippen molar-refractivity contribution in [3.63, 3.8) is 0 Å². The Kier molecular flexibility index (Phi) is 10.7. The molecule has 1 aliphatic rings. The standard InChI is InChI=1S/C31H38N2O6S/c34-19-20-40(37,38)33-31(36)28-16-15-26(21-30(28)39-27-9-5-2-6-10-27)24-13-11-23(12-14-24)17-18-32-22-29(35)25-7-3-1-4-8-25/h1,3-4,7-8,11-16,21,27,29,32,34-35H,2,5-6,9-10,17-20,22H2,(H,33,36). The van der Waals surface area contributed by atoms with Gasteiger partial charge in [-0.3, -0.25) is 4.79 Å². The van der Waals surface area contributed by atoms with Gasteiger partial charge in [0.2, 0.25) is 10.0 Å². The zero-order chi connectivity index (χ0) is 28.4. The van der Waals surface area contributed by atoms with Crippen LogP contribution in [0.2, 0.25) is 0 Å². The van der Waals surface area contributed by atoms with Crippen LogP contribution in [-0.4, -0.2) is 56.1 Å². The number of hydrogen-bond donors (Lipinski definition) is 4. The molecule has 3 aromatic rings. The maximum absolute atomic E-state index is 12.9.